The van der Waals surface area contributed by atoms with E-state index in [1.807, 2.05) is 31.2 Å². The smallest absolute Gasteiger partial charge is 0.287 e. The van der Waals surface area contributed by atoms with E-state index in [0.717, 1.165) is 42.5 Å². The molecule has 0 saturated carbocycles. The Labute approximate surface area is 151 Å². The van der Waals surface area contributed by atoms with Crippen LogP contribution >= 0.6 is 0 Å². The Morgan fingerprint density at radius 3 is 2.96 bits per heavy atom. The zero-order valence-electron chi connectivity index (χ0n) is 15.0. The van der Waals surface area contributed by atoms with Crippen molar-refractivity contribution in [3.05, 3.63) is 47.3 Å². The van der Waals surface area contributed by atoms with Crippen LogP contribution < -0.4 is 5.32 Å². The molecule has 0 bridgehead atoms. The van der Waals surface area contributed by atoms with Gasteiger partial charge in [0.1, 0.15) is 5.58 Å². The molecular weight excluding hydrogens is 332 g/mol. The minimum atomic E-state index is -0.152. The van der Waals surface area contributed by atoms with Gasteiger partial charge in [-0.25, -0.2) is 0 Å². The Kier molecular flexibility index (Phi) is 4.46. The fourth-order valence-corrected chi connectivity index (χ4v) is 3.56. The Bertz CT molecular complexity index is 930. The van der Waals surface area contributed by atoms with Crippen LogP contribution in [-0.2, 0) is 6.54 Å². The zero-order chi connectivity index (χ0) is 18.1. The van der Waals surface area contributed by atoms with Crippen molar-refractivity contribution in [3.63, 3.8) is 0 Å². The van der Waals surface area contributed by atoms with Crippen molar-refractivity contribution in [1.82, 2.24) is 20.4 Å². The number of hydrogen-bond donors (Lipinski definition) is 1. The number of benzene rings is 1. The van der Waals surface area contributed by atoms with Crippen molar-refractivity contribution in [2.24, 2.45) is 0 Å². The summed E-state index contributed by atoms with van der Waals surface area (Å²) in [5.41, 5.74) is 1.63. The lowest BCUT2D eigenvalue weighted by Gasteiger charge is -2.32. The van der Waals surface area contributed by atoms with Crippen LogP contribution in [0, 0.1) is 13.8 Å². The molecule has 2 aromatic heterocycles. The Morgan fingerprint density at radius 1 is 1.35 bits per heavy atom. The number of carbonyl (C=O) groups is 1. The van der Waals surface area contributed by atoms with Crippen molar-refractivity contribution >= 4 is 16.9 Å². The minimum Gasteiger partial charge on any atom is -0.451 e. The van der Waals surface area contributed by atoms with Crippen LogP contribution in [0.4, 0.5) is 0 Å². The average Bonchev–Trinajstić information content (AvgIpc) is 3.19. The Balaban J connectivity index is 1.42. The second kappa shape index (κ2) is 6.92. The first-order valence-electron chi connectivity index (χ1n) is 8.90. The Morgan fingerprint density at radius 2 is 2.19 bits per heavy atom. The van der Waals surface area contributed by atoms with E-state index in [9.17, 15) is 4.79 Å². The monoisotopic (exact) mass is 354 g/mol. The molecule has 136 valence electrons. The van der Waals surface area contributed by atoms with Gasteiger partial charge in [0, 0.05) is 30.5 Å². The number of carbonyl (C=O) groups excluding carboxylic acids is 1. The van der Waals surface area contributed by atoms with Gasteiger partial charge in [0.05, 0.1) is 6.54 Å². The van der Waals surface area contributed by atoms with Gasteiger partial charge in [0.15, 0.2) is 11.6 Å². The van der Waals surface area contributed by atoms with Crippen LogP contribution in [0.1, 0.15) is 40.7 Å². The highest BCUT2D eigenvalue weighted by molar-refractivity contribution is 5.99. The molecule has 0 spiro atoms. The summed E-state index contributed by atoms with van der Waals surface area (Å²) < 4.78 is 10.8. The normalized spacial score (nSPS) is 18.3. The number of rotatable bonds is 4. The first kappa shape index (κ1) is 16.8. The summed E-state index contributed by atoms with van der Waals surface area (Å²) in [4.78, 5) is 19.2. The predicted octanol–water partition coefficient (Wildman–Crippen LogP) is 2.83. The highest BCUT2D eigenvalue weighted by Crippen LogP contribution is 2.25. The SMILES string of the molecule is Cc1nc(CN2CCCC(NC(=O)c3oc4ccccc4c3C)C2)no1. The number of nitrogens with one attached hydrogen (secondary N) is 1. The first-order valence-corrected chi connectivity index (χ1v) is 8.90. The minimum absolute atomic E-state index is 0.0804. The van der Waals surface area contributed by atoms with Crippen LogP contribution in [-0.4, -0.2) is 40.1 Å². The molecule has 3 heterocycles. The summed E-state index contributed by atoms with van der Waals surface area (Å²) in [6.45, 7) is 6.06. The molecule has 1 saturated heterocycles. The summed E-state index contributed by atoms with van der Waals surface area (Å²) in [6, 6.07) is 7.79. The number of fused-ring (bicyclic) bond motifs is 1. The van der Waals surface area contributed by atoms with Crippen LogP contribution in [0.25, 0.3) is 11.0 Å². The number of piperidine rings is 1. The summed E-state index contributed by atoms with van der Waals surface area (Å²) in [5, 5.41) is 8.05. The van der Waals surface area contributed by atoms with Gasteiger partial charge in [-0.15, -0.1) is 0 Å². The molecule has 7 nitrogen and oxygen atoms in total. The summed E-state index contributed by atoms with van der Waals surface area (Å²) in [5.74, 6) is 1.50. The molecule has 1 amide bonds. The molecule has 1 aliphatic rings. The maximum Gasteiger partial charge on any atom is 0.287 e. The third-order valence-corrected chi connectivity index (χ3v) is 4.83. The number of aryl methyl sites for hydroxylation is 2. The van der Waals surface area contributed by atoms with E-state index < -0.39 is 0 Å². The molecule has 4 rings (SSSR count). The predicted molar refractivity (Wildman–Crippen MR) is 95.8 cm³/mol. The number of furan rings is 1. The summed E-state index contributed by atoms with van der Waals surface area (Å²) in [7, 11) is 0. The van der Waals surface area contributed by atoms with Gasteiger partial charge >= 0.3 is 0 Å². The number of aromatic nitrogens is 2. The largest absolute Gasteiger partial charge is 0.451 e. The highest BCUT2D eigenvalue weighted by Gasteiger charge is 2.25. The van der Waals surface area contributed by atoms with Gasteiger partial charge in [-0.2, -0.15) is 4.98 Å². The highest BCUT2D eigenvalue weighted by atomic mass is 16.5. The van der Waals surface area contributed by atoms with Crippen LogP contribution in [0.15, 0.2) is 33.2 Å². The molecule has 1 atom stereocenters. The van der Waals surface area contributed by atoms with E-state index in [2.05, 4.69) is 20.4 Å². The van der Waals surface area contributed by atoms with Crippen LogP contribution in [0.2, 0.25) is 0 Å². The molecular formula is C19H22N4O3. The molecule has 7 heteroatoms. The molecule has 1 fully saturated rings. The number of nitrogens with zero attached hydrogens (tertiary/aromatic N) is 3. The van der Waals surface area contributed by atoms with Gasteiger partial charge in [-0.3, -0.25) is 9.69 Å². The van der Waals surface area contributed by atoms with Gasteiger partial charge in [-0.1, -0.05) is 23.4 Å². The number of amides is 1. The van der Waals surface area contributed by atoms with E-state index >= 15 is 0 Å². The quantitative estimate of drug-likeness (QED) is 0.775. The fourth-order valence-electron chi connectivity index (χ4n) is 3.56. The second-order valence-corrected chi connectivity index (χ2v) is 6.83. The lowest BCUT2D eigenvalue weighted by Crippen LogP contribution is -2.47. The lowest BCUT2D eigenvalue weighted by atomic mass is 10.1. The molecule has 1 aromatic carbocycles. The van der Waals surface area contributed by atoms with Crippen molar-refractivity contribution in [1.29, 1.82) is 0 Å². The molecule has 0 aliphatic carbocycles. The third-order valence-electron chi connectivity index (χ3n) is 4.83. The maximum atomic E-state index is 12.7. The second-order valence-electron chi connectivity index (χ2n) is 6.83. The summed E-state index contributed by atoms with van der Waals surface area (Å²) >= 11 is 0. The molecule has 1 unspecified atom stereocenters. The molecule has 1 aliphatic heterocycles. The lowest BCUT2D eigenvalue weighted by molar-refractivity contribution is 0.0872. The number of para-hydroxylation sites is 1. The van der Waals surface area contributed by atoms with Crippen molar-refractivity contribution < 1.29 is 13.7 Å². The van der Waals surface area contributed by atoms with E-state index in [0.29, 0.717) is 24.0 Å². The number of hydrogen-bond acceptors (Lipinski definition) is 6. The molecule has 0 radical (unpaired) electrons. The van der Waals surface area contributed by atoms with Crippen molar-refractivity contribution in [2.45, 2.75) is 39.3 Å². The van der Waals surface area contributed by atoms with E-state index in [1.54, 1.807) is 6.92 Å². The third kappa shape index (κ3) is 3.35. The molecule has 3 aromatic rings. The maximum absolute atomic E-state index is 12.7. The van der Waals surface area contributed by atoms with E-state index in [1.165, 1.54) is 0 Å². The topological polar surface area (TPSA) is 84.4 Å². The standard InChI is InChI=1S/C19H22N4O3/c1-12-15-7-3-4-8-16(15)25-18(12)19(24)21-14-6-5-9-23(10-14)11-17-20-13(2)26-22-17/h3-4,7-8,14H,5-6,9-11H2,1-2H3,(H,21,24). The van der Waals surface area contributed by atoms with Gasteiger partial charge in [0.2, 0.25) is 5.89 Å². The summed E-state index contributed by atoms with van der Waals surface area (Å²) in [6.07, 6.45) is 1.97. The van der Waals surface area contributed by atoms with Crippen LogP contribution in [0.5, 0.6) is 0 Å². The van der Waals surface area contributed by atoms with Crippen LogP contribution in [0.3, 0.4) is 0 Å². The van der Waals surface area contributed by atoms with Crippen molar-refractivity contribution in [3.8, 4) is 0 Å². The van der Waals surface area contributed by atoms with Gasteiger partial charge in [-0.05, 0) is 32.4 Å². The van der Waals surface area contributed by atoms with E-state index in [4.69, 9.17) is 8.94 Å². The first-order chi connectivity index (χ1) is 12.6. The Hall–Kier alpha value is -2.67. The number of likely N-dealkylation sites (tertiary alicyclic amines) is 1. The van der Waals surface area contributed by atoms with Gasteiger partial charge < -0.3 is 14.3 Å². The molecule has 1 N–H and O–H groups in total. The zero-order valence-corrected chi connectivity index (χ0v) is 15.0. The van der Waals surface area contributed by atoms with Crippen molar-refractivity contribution in [2.75, 3.05) is 13.1 Å². The van der Waals surface area contributed by atoms with E-state index in [-0.39, 0.29) is 11.9 Å². The van der Waals surface area contributed by atoms with Gasteiger partial charge in [0.25, 0.3) is 5.91 Å². The molecule has 26 heavy (non-hydrogen) atoms. The fraction of sp³-hybridized carbons (Fsp3) is 0.421. The average molecular weight is 354 g/mol.